The number of amides is 1. The Morgan fingerprint density at radius 1 is 0.795 bits per heavy atom. The molecule has 5 aromatic rings. The van der Waals surface area contributed by atoms with Gasteiger partial charge in [-0.3, -0.25) is 9.10 Å². The molecule has 0 aliphatic rings. The minimum Gasteiger partial charge on any atom is -0.322 e. The first-order valence-electron chi connectivity index (χ1n) is 13.2. The largest absolute Gasteiger partial charge is 0.322 e. The van der Waals surface area contributed by atoms with Crippen LogP contribution in [0.5, 0.6) is 0 Å². The van der Waals surface area contributed by atoms with E-state index in [0.717, 1.165) is 5.56 Å². The number of hydrogen-bond donors (Lipinski definition) is 2. The fraction of sp³-hybridized carbons (Fsp3) is 0.0645. The number of benzene rings is 4. The summed E-state index contributed by atoms with van der Waals surface area (Å²) in [5.74, 6) is -0.487. The summed E-state index contributed by atoms with van der Waals surface area (Å²) in [5, 5.41) is 3.13. The number of aromatic nitrogens is 2. The van der Waals surface area contributed by atoms with Crippen molar-refractivity contribution >= 4 is 54.9 Å². The van der Waals surface area contributed by atoms with Crippen molar-refractivity contribution in [3.05, 3.63) is 137 Å². The standard InChI is InChI=1S/C31H26ClN5O5S2/c1-22-8-13-25(32)20-29(22)37(44(41,42)28-6-3-2-4-7-28)21-23-9-11-24(12-10-23)30(38)35-26-14-16-27(17-15-26)43(39,40)36-31-33-18-5-19-34-31/h2-20H,21H2,1H3,(H,35,38)(H,33,34,36). The van der Waals surface area contributed by atoms with E-state index in [1.165, 1.54) is 53.1 Å². The monoisotopic (exact) mass is 647 g/mol. The summed E-state index contributed by atoms with van der Waals surface area (Å²) in [6.45, 7) is 1.81. The molecule has 10 nitrogen and oxygen atoms in total. The van der Waals surface area contributed by atoms with Crippen LogP contribution in [0.15, 0.2) is 125 Å². The smallest absolute Gasteiger partial charge is 0.264 e. The number of sulfonamides is 2. The summed E-state index contributed by atoms with van der Waals surface area (Å²) in [6, 6.07) is 26.9. The van der Waals surface area contributed by atoms with Crippen molar-refractivity contribution in [2.45, 2.75) is 23.3 Å². The molecule has 0 radical (unpaired) electrons. The van der Waals surface area contributed by atoms with Crippen molar-refractivity contribution < 1.29 is 21.6 Å². The quantitative estimate of drug-likeness (QED) is 0.193. The van der Waals surface area contributed by atoms with Crippen molar-refractivity contribution in [1.82, 2.24) is 9.97 Å². The second-order valence-electron chi connectivity index (χ2n) is 9.61. The lowest BCUT2D eigenvalue weighted by molar-refractivity contribution is 0.102. The van der Waals surface area contributed by atoms with Crippen molar-refractivity contribution in [3.63, 3.8) is 0 Å². The van der Waals surface area contributed by atoms with Gasteiger partial charge in [0, 0.05) is 28.7 Å². The van der Waals surface area contributed by atoms with Crippen LogP contribution in [-0.2, 0) is 26.6 Å². The lowest BCUT2D eigenvalue weighted by atomic mass is 10.1. The summed E-state index contributed by atoms with van der Waals surface area (Å²) in [6.07, 6.45) is 2.83. The first kappa shape index (κ1) is 30.7. The molecule has 2 N–H and O–H groups in total. The van der Waals surface area contributed by atoms with Gasteiger partial charge < -0.3 is 5.32 Å². The molecule has 1 heterocycles. The van der Waals surface area contributed by atoms with Crippen LogP contribution in [0.4, 0.5) is 17.3 Å². The minimum absolute atomic E-state index is 0.00168. The third-order valence-electron chi connectivity index (χ3n) is 6.53. The van der Waals surface area contributed by atoms with Gasteiger partial charge in [0.15, 0.2) is 0 Å². The van der Waals surface area contributed by atoms with E-state index in [2.05, 4.69) is 20.0 Å². The second-order valence-corrected chi connectivity index (χ2v) is 13.6. The molecule has 0 saturated heterocycles. The summed E-state index contributed by atoms with van der Waals surface area (Å²) in [4.78, 5) is 20.8. The first-order valence-corrected chi connectivity index (χ1v) is 16.5. The summed E-state index contributed by atoms with van der Waals surface area (Å²) in [5.41, 5.74) is 2.52. The molecular weight excluding hydrogens is 622 g/mol. The molecule has 1 aromatic heterocycles. The van der Waals surface area contributed by atoms with Gasteiger partial charge in [0.25, 0.3) is 26.0 Å². The Balaban J connectivity index is 1.32. The molecule has 4 aromatic carbocycles. The van der Waals surface area contributed by atoms with Crippen LogP contribution in [0, 0.1) is 6.92 Å². The fourth-order valence-corrected chi connectivity index (χ4v) is 6.90. The van der Waals surface area contributed by atoms with Crippen LogP contribution in [0.1, 0.15) is 21.5 Å². The number of halogens is 1. The lowest BCUT2D eigenvalue weighted by Crippen LogP contribution is -2.31. The number of aryl methyl sites for hydroxylation is 1. The van der Waals surface area contributed by atoms with Gasteiger partial charge in [-0.2, -0.15) is 0 Å². The average molecular weight is 648 g/mol. The van der Waals surface area contributed by atoms with E-state index in [9.17, 15) is 21.6 Å². The molecule has 5 rings (SSSR count). The van der Waals surface area contributed by atoms with Crippen molar-refractivity contribution in [2.24, 2.45) is 0 Å². The van der Waals surface area contributed by atoms with E-state index in [1.54, 1.807) is 66.7 Å². The van der Waals surface area contributed by atoms with Crippen LogP contribution in [-0.4, -0.2) is 32.7 Å². The van der Waals surface area contributed by atoms with Gasteiger partial charge in [0.2, 0.25) is 5.95 Å². The molecule has 0 fully saturated rings. The normalized spacial score (nSPS) is 11.5. The Hall–Kier alpha value is -4.78. The lowest BCUT2D eigenvalue weighted by Gasteiger charge is -2.26. The first-order chi connectivity index (χ1) is 21.0. The topological polar surface area (TPSA) is 138 Å². The summed E-state index contributed by atoms with van der Waals surface area (Å²) in [7, 11) is -7.87. The van der Waals surface area contributed by atoms with Gasteiger partial charge in [-0.1, -0.05) is 48.0 Å². The Morgan fingerprint density at radius 3 is 2.11 bits per heavy atom. The highest BCUT2D eigenvalue weighted by atomic mass is 35.5. The SMILES string of the molecule is Cc1ccc(Cl)cc1N(Cc1ccc(C(=O)Nc2ccc(S(=O)(=O)Nc3ncccn3)cc2)cc1)S(=O)(=O)c1ccccc1. The molecule has 44 heavy (non-hydrogen) atoms. The number of carbonyl (C=O) groups is 1. The number of hydrogen-bond acceptors (Lipinski definition) is 7. The third kappa shape index (κ3) is 7.05. The second kappa shape index (κ2) is 12.8. The highest BCUT2D eigenvalue weighted by Gasteiger charge is 2.27. The van der Waals surface area contributed by atoms with E-state index in [1.807, 2.05) is 6.92 Å². The average Bonchev–Trinajstić information content (AvgIpc) is 3.02. The zero-order chi connectivity index (χ0) is 31.3. The minimum atomic E-state index is -3.95. The van der Waals surface area contributed by atoms with Crippen LogP contribution in [0.3, 0.4) is 0 Å². The number of nitrogens with zero attached hydrogens (tertiary/aromatic N) is 3. The van der Waals surface area contributed by atoms with E-state index in [4.69, 9.17) is 11.6 Å². The van der Waals surface area contributed by atoms with Crippen molar-refractivity contribution in [2.75, 3.05) is 14.3 Å². The number of nitrogens with one attached hydrogen (secondary N) is 2. The maximum atomic E-state index is 13.7. The molecule has 224 valence electrons. The van der Waals surface area contributed by atoms with Gasteiger partial charge in [0.05, 0.1) is 22.0 Å². The predicted molar refractivity (Wildman–Crippen MR) is 170 cm³/mol. The van der Waals surface area contributed by atoms with Gasteiger partial charge in [-0.05, 0) is 84.8 Å². The molecule has 0 aliphatic heterocycles. The molecule has 1 amide bonds. The number of carbonyl (C=O) groups excluding carboxylic acids is 1. The van der Waals surface area contributed by atoms with Crippen LogP contribution >= 0.6 is 11.6 Å². The maximum Gasteiger partial charge on any atom is 0.264 e. The fourth-order valence-electron chi connectivity index (χ4n) is 4.25. The molecule has 0 bridgehead atoms. The predicted octanol–water partition coefficient (Wildman–Crippen LogP) is 5.89. The highest BCUT2D eigenvalue weighted by Crippen LogP contribution is 2.31. The molecule has 0 spiro atoms. The zero-order valence-corrected chi connectivity index (χ0v) is 25.6. The van der Waals surface area contributed by atoms with Crippen LogP contribution in [0.25, 0.3) is 0 Å². The Kier molecular flexibility index (Phi) is 8.95. The number of anilines is 3. The molecule has 0 unspecified atom stereocenters. The van der Waals surface area contributed by atoms with Crippen molar-refractivity contribution in [3.8, 4) is 0 Å². The van der Waals surface area contributed by atoms with Crippen LogP contribution in [0.2, 0.25) is 5.02 Å². The summed E-state index contributed by atoms with van der Waals surface area (Å²) >= 11 is 6.24. The summed E-state index contributed by atoms with van der Waals surface area (Å²) < 4.78 is 56.3. The van der Waals surface area contributed by atoms with E-state index in [0.29, 0.717) is 27.5 Å². The Morgan fingerprint density at radius 2 is 1.45 bits per heavy atom. The Bertz CT molecular complexity index is 1990. The zero-order valence-electron chi connectivity index (χ0n) is 23.3. The molecular formula is C31H26ClN5O5S2. The number of rotatable bonds is 10. The van der Waals surface area contributed by atoms with E-state index >= 15 is 0 Å². The van der Waals surface area contributed by atoms with Gasteiger partial charge >= 0.3 is 0 Å². The Labute approximate surface area is 260 Å². The van der Waals surface area contributed by atoms with Crippen LogP contribution < -0.4 is 14.3 Å². The molecule has 13 heteroatoms. The van der Waals surface area contributed by atoms with E-state index < -0.39 is 26.0 Å². The molecule has 0 aliphatic carbocycles. The van der Waals surface area contributed by atoms with E-state index in [-0.39, 0.29) is 22.3 Å². The molecule has 0 saturated carbocycles. The maximum absolute atomic E-state index is 13.7. The van der Waals surface area contributed by atoms with Gasteiger partial charge in [-0.15, -0.1) is 0 Å². The van der Waals surface area contributed by atoms with Crippen molar-refractivity contribution in [1.29, 1.82) is 0 Å². The molecule has 0 atom stereocenters. The van der Waals surface area contributed by atoms with Gasteiger partial charge in [-0.25, -0.2) is 31.5 Å². The van der Waals surface area contributed by atoms with Gasteiger partial charge in [0.1, 0.15) is 0 Å². The third-order valence-corrected chi connectivity index (χ3v) is 9.88. The highest BCUT2D eigenvalue weighted by molar-refractivity contribution is 7.93.